The van der Waals surface area contributed by atoms with Crippen LogP contribution in [0.25, 0.3) is 11.3 Å². The summed E-state index contributed by atoms with van der Waals surface area (Å²) in [4.78, 5) is 11.8. The van der Waals surface area contributed by atoms with Crippen LogP contribution in [0.15, 0.2) is 53.3 Å². The van der Waals surface area contributed by atoms with Crippen molar-refractivity contribution in [2.24, 2.45) is 0 Å². The minimum absolute atomic E-state index is 0.0680. The molecule has 0 saturated carbocycles. The van der Waals surface area contributed by atoms with E-state index >= 15 is 0 Å². The first-order valence-electron chi connectivity index (χ1n) is 5.45. The molecular formula is C14H12N2O. The molecular weight excluding hydrogens is 212 g/mol. The van der Waals surface area contributed by atoms with Crippen LogP contribution in [0.2, 0.25) is 0 Å². The van der Waals surface area contributed by atoms with E-state index < -0.39 is 0 Å². The molecule has 0 fully saturated rings. The third kappa shape index (κ3) is 2.43. The lowest BCUT2D eigenvalue weighted by Crippen LogP contribution is -2.20. The lowest BCUT2D eigenvalue weighted by molar-refractivity contribution is 0.694. The second-order valence-electron chi connectivity index (χ2n) is 3.68. The molecule has 2 rings (SSSR count). The zero-order valence-corrected chi connectivity index (χ0v) is 9.34. The van der Waals surface area contributed by atoms with Crippen LogP contribution in [0.1, 0.15) is 6.42 Å². The van der Waals surface area contributed by atoms with Crippen LogP contribution in [-0.4, -0.2) is 4.57 Å². The molecule has 3 nitrogen and oxygen atoms in total. The first kappa shape index (κ1) is 11.2. The summed E-state index contributed by atoms with van der Waals surface area (Å²) in [7, 11) is 0. The maximum Gasteiger partial charge on any atom is 0.251 e. The van der Waals surface area contributed by atoms with E-state index in [-0.39, 0.29) is 5.56 Å². The smallest absolute Gasteiger partial charge is 0.251 e. The number of nitrogens with zero attached hydrogens (tertiary/aromatic N) is 2. The first-order chi connectivity index (χ1) is 8.33. The molecule has 0 saturated heterocycles. The summed E-state index contributed by atoms with van der Waals surface area (Å²) in [6.07, 6.45) is 0.337. The van der Waals surface area contributed by atoms with Gasteiger partial charge in [-0.25, -0.2) is 0 Å². The van der Waals surface area contributed by atoms with E-state index in [2.05, 4.69) is 6.07 Å². The summed E-state index contributed by atoms with van der Waals surface area (Å²) in [5, 5.41) is 8.61. The summed E-state index contributed by atoms with van der Waals surface area (Å²) < 4.78 is 1.64. The molecule has 0 spiro atoms. The van der Waals surface area contributed by atoms with Crippen LogP contribution in [0.5, 0.6) is 0 Å². The van der Waals surface area contributed by atoms with Gasteiger partial charge in [0.15, 0.2) is 0 Å². The molecule has 3 heteroatoms. The fourth-order valence-electron chi connectivity index (χ4n) is 1.77. The van der Waals surface area contributed by atoms with Gasteiger partial charge in [0, 0.05) is 12.6 Å². The molecule has 0 bridgehead atoms. The maximum atomic E-state index is 11.8. The van der Waals surface area contributed by atoms with E-state index in [4.69, 9.17) is 5.26 Å². The van der Waals surface area contributed by atoms with E-state index in [0.29, 0.717) is 13.0 Å². The second-order valence-corrected chi connectivity index (χ2v) is 3.68. The number of hydrogen-bond donors (Lipinski definition) is 0. The van der Waals surface area contributed by atoms with Gasteiger partial charge in [-0.2, -0.15) is 5.26 Å². The predicted molar refractivity (Wildman–Crippen MR) is 66.4 cm³/mol. The molecule has 0 unspecified atom stereocenters. The highest BCUT2D eigenvalue weighted by atomic mass is 16.1. The van der Waals surface area contributed by atoms with Crippen molar-refractivity contribution in [2.75, 3.05) is 0 Å². The average molecular weight is 224 g/mol. The Balaban J connectivity index is 2.51. The third-order valence-corrected chi connectivity index (χ3v) is 2.57. The van der Waals surface area contributed by atoms with Crippen LogP contribution in [0, 0.1) is 11.3 Å². The highest BCUT2D eigenvalue weighted by Gasteiger charge is 2.04. The van der Waals surface area contributed by atoms with Crippen LogP contribution in [0.4, 0.5) is 0 Å². The lowest BCUT2D eigenvalue weighted by Gasteiger charge is -2.10. The zero-order chi connectivity index (χ0) is 12.1. The molecule has 1 aromatic heterocycles. The number of rotatable bonds is 3. The Labute approximate surface area is 99.6 Å². The Hall–Kier alpha value is -2.34. The Bertz CT molecular complexity index is 594. The summed E-state index contributed by atoms with van der Waals surface area (Å²) in [6, 6.07) is 16.9. The molecule has 84 valence electrons. The van der Waals surface area contributed by atoms with Crippen molar-refractivity contribution in [2.45, 2.75) is 13.0 Å². The normalized spacial score (nSPS) is 9.82. The van der Waals surface area contributed by atoms with Crippen molar-refractivity contribution in [1.29, 1.82) is 5.26 Å². The van der Waals surface area contributed by atoms with Gasteiger partial charge >= 0.3 is 0 Å². The van der Waals surface area contributed by atoms with E-state index in [1.54, 1.807) is 10.6 Å². The van der Waals surface area contributed by atoms with Gasteiger partial charge in [0.05, 0.1) is 18.2 Å². The van der Waals surface area contributed by atoms with Gasteiger partial charge in [-0.05, 0) is 11.6 Å². The fourth-order valence-corrected chi connectivity index (χ4v) is 1.77. The van der Waals surface area contributed by atoms with E-state index in [0.717, 1.165) is 11.3 Å². The maximum absolute atomic E-state index is 11.8. The van der Waals surface area contributed by atoms with Crippen LogP contribution in [-0.2, 0) is 6.54 Å². The van der Waals surface area contributed by atoms with Crippen molar-refractivity contribution in [3.63, 3.8) is 0 Å². The van der Waals surface area contributed by atoms with Gasteiger partial charge in [0.2, 0.25) is 0 Å². The summed E-state index contributed by atoms with van der Waals surface area (Å²) in [5.74, 6) is 0. The second kappa shape index (κ2) is 5.13. The number of aromatic nitrogens is 1. The van der Waals surface area contributed by atoms with E-state index in [1.807, 2.05) is 36.4 Å². The Morgan fingerprint density at radius 3 is 2.53 bits per heavy atom. The van der Waals surface area contributed by atoms with Gasteiger partial charge < -0.3 is 4.57 Å². The molecule has 0 aliphatic rings. The largest absolute Gasteiger partial charge is 0.307 e. The summed E-state index contributed by atoms with van der Waals surface area (Å²) in [5.41, 5.74) is 1.78. The quantitative estimate of drug-likeness (QED) is 0.803. The van der Waals surface area contributed by atoms with Gasteiger partial charge in [-0.1, -0.05) is 36.4 Å². The summed E-state index contributed by atoms with van der Waals surface area (Å²) in [6.45, 7) is 0.431. The molecule has 0 aliphatic heterocycles. The Morgan fingerprint density at radius 1 is 1.06 bits per heavy atom. The zero-order valence-electron chi connectivity index (χ0n) is 9.34. The molecule has 0 aliphatic carbocycles. The van der Waals surface area contributed by atoms with Crippen LogP contribution < -0.4 is 5.56 Å². The van der Waals surface area contributed by atoms with Gasteiger partial charge in [-0.3, -0.25) is 4.79 Å². The number of benzene rings is 1. The molecule has 2 aromatic rings. The number of hydrogen-bond acceptors (Lipinski definition) is 2. The van der Waals surface area contributed by atoms with E-state index in [1.165, 1.54) is 6.07 Å². The lowest BCUT2D eigenvalue weighted by atomic mass is 10.1. The van der Waals surface area contributed by atoms with Gasteiger partial charge in [0.25, 0.3) is 5.56 Å². The van der Waals surface area contributed by atoms with Crippen LogP contribution in [0.3, 0.4) is 0 Å². The van der Waals surface area contributed by atoms with Crippen molar-refractivity contribution in [3.8, 4) is 17.3 Å². The SMILES string of the molecule is N#CCCn1c(-c2ccccc2)cccc1=O. The molecule has 0 radical (unpaired) electrons. The fraction of sp³-hybridized carbons (Fsp3) is 0.143. The Kier molecular flexibility index (Phi) is 3.37. The predicted octanol–water partition coefficient (Wildman–Crippen LogP) is 2.43. The monoisotopic (exact) mass is 224 g/mol. The molecule has 1 aromatic carbocycles. The highest BCUT2D eigenvalue weighted by Crippen LogP contribution is 2.17. The standard InChI is InChI=1S/C14H12N2O/c15-10-5-11-16-13(8-4-9-14(16)17)12-6-2-1-3-7-12/h1-4,6-9H,5,11H2. The average Bonchev–Trinajstić information content (AvgIpc) is 2.38. The molecule has 0 amide bonds. The molecule has 17 heavy (non-hydrogen) atoms. The molecule has 0 N–H and O–H groups in total. The topological polar surface area (TPSA) is 45.8 Å². The van der Waals surface area contributed by atoms with Crippen molar-refractivity contribution in [3.05, 3.63) is 58.9 Å². The molecule has 0 atom stereocenters. The van der Waals surface area contributed by atoms with Crippen LogP contribution >= 0.6 is 0 Å². The number of nitriles is 1. The van der Waals surface area contributed by atoms with Gasteiger partial charge in [0.1, 0.15) is 0 Å². The highest BCUT2D eigenvalue weighted by molar-refractivity contribution is 5.59. The summed E-state index contributed by atoms with van der Waals surface area (Å²) >= 11 is 0. The number of pyridine rings is 1. The van der Waals surface area contributed by atoms with Crippen molar-refractivity contribution < 1.29 is 0 Å². The van der Waals surface area contributed by atoms with Crippen molar-refractivity contribution in [1.82, 2.24) is 4.57 Å². The minimum Gasteiger partial charge on any atom is -0.307 e. The third-order valence-electron chi connectivity index (χ3n) is 2.57. The first-order valence-corrected chi connectivity index (χ1v) is 5.45. The molecule has 1 heterocycles. The minimum atomic E-state index is -0.0680. The van der Waals surface area contributed by atoms with Crippen molar-refractivity contribution >= 4 is 0 Å². The van der Waals surface area contributed by atoms with E-state index in [9.17, 15) is 4.79 Å². The van der Waals surface area contributed by atoms with Gasteiger partial charge in [-0.15, -0.1) is 0 Å². The Morgan fingerprint density at radius 2 is 1.82 bits per heavy atom.